The molecule has 31 heavy (non-hydrogen) atoms. The van der Waals surface area contributed by atoms with Gasteiger partial charge in [0.05, 0.1) is 18.7 Å². The molecule has 2 aromatic heterocycles. The summed E-state index contributed by atoms with van der Waals surface area (Å²) < 4.78 is 11.4. The fourth-order valence-electron chi connectivity index (χ4n) is 3.57. The molecule has 6 nitrogen and oxygen atoms in total. The molecule has 1 fully saturated rings. The number of ether oxygens (including phenoxy) is 2. The van der Waals surface area contributed by atoms with E-state index in [1.807, 2.05) is 48.7 Å². The molecule has 0 spiro atoms. The monoisotopic (exact) mass is 437 g/mol. The third-order valence-corrected chi connectivity index (χ3v) is 6.12. The molecule has 162 valence electrons. The second-order valence-corrected chi connectivity index (χ2v) is 8.44. The molecule has 0 atom stereocenters. The molecule has 1 N–H and O–H groups in total. The topological polar surface area (TPSA) is 73.3 Å². The van der Waals surface area contributed by atoms with E-state index in [2.05, 4.69) is 15.3 Å². The van der Waals surface area contributed by atoms with Crippen molar-refractivity contribution in [2.75, 3.05) is 6.61 Å². The van der Waals surface area contributed by atoms with E-state index in [1.165, 1.54) is 24.2 Å². The molecular formula is C24H27N3O3S. The van der Waals surface area contributed by atoms with Gasteiger partial charge in [0.15, 0.2) is 0 Å². The Morgan fingerprint density at radius 1 is 1.16 bits per heavy atom. The van der Waals surface area contributed by atoms with Crippen LogP contribution in [0.1, 0.15) is 43.9 Å². The Morgan fingerprint density at radius 3 is 2.68 bits per heavy atom. The summed E-state index contributed by atoms with van der Waals surface area (Å²) in [4.78, 5) is 21.3. The number of hydrogen-bond acceptors (Lipinski definition) is 6. The normalized spacial score (nSPS) is 13.8. The van der Waals surface area contributed by atoms with Gasteiger partial charge in [-0.15, -0.1) is 11.3 Å². The van der Waals surface area contributed by atoms with Crippen LogP contribution < -0.4 is 14.8 Å². The van der Waals surface area contributed by atoms with E-state index >= 15 is 0 Å². The molecule has 1 saturated carbocycles. The van der Waals surface area contributed by atoms with Crippen LogP contribution in [0.5, 0.6) is 11.6 Å². The van der Waals surface area contributed by atoms with E-state index in [-0.39, 0.29) is 12.3 Å². The van der Waals surface area contributed by atoms with Crippen LogP contribution in [0.25, 0.3) is 10.6 Å². The fraction of sp³-hybridized carbons (Fsp3) is 0.375. The molecule has 0 radical (unpaired) electrons. The summed E-state index contributed by atoms with van der Waals surface area (Å²) in [5, 5.41) is 5.77. The van der Waals surface area contributed by atoms with Gasteiger partial charge in [-0.3, -0.25) is 4.79 Å². The maximum atomic E-state index is 12.3. The highest BCUT2D eigenvalue weighted by molar-refractivity contribution is 7.13. The zero-order valence-corrected chi connectivity index (χ0v) is 18.5. The lowest BCUT2D eigenvalue weighted by Gasteiger charge is -2.12. The second kappa shape index (κ2) is 10.4. The average molecular weight is 438 g/mol. The minimum Gasteiger partial charge on any atom is -0.494 e. The van der Waals surface area contributed by atoms with Crippen LogP contribution in [0, 0.1) is 0 Å². The largest absolute Gasteiger partial charge is 0.494 e. The number of hydrogen-bond donors (Lipinski definition) is 1. The summed E-state index contributed by atoms with van der Waals surface area (Å²) >= 11 is 1.54. The molecule has 2 heterocycles. The van der Waals surface area contributed by atoms with E-state index in [0.29, 0.717) is 25.1 Å². The molecule has 4 rings (SSSR count). The van der Waals surface area contributed by atoms with Crippen LogP contribution in [-0.4, -0.2) is 28.6 Å². The van der Waals surface area contributed by atoms with E-state index in [9.17, 15) is 4.79 Å². The standard InChI is InChI=1S/C24H27N3O3S/c1-2-29-20-10-8-18(9-11-20)24-27-19(16-31-24)13-22(28)25-14-17-7-12-23(26-15-17)30-21-5-3-4-6-21/h7-12,15-16,21H,2-6,13-14H2,1H3,(H,25,28). The number of benzene rings is 1. The molecule has 1 aromatic carbocycles. The van der Waals surface area contributed by atoms with Crippen molar-refractivity contribution in [2.24, 2.45) is 0 Å². The number of rotatable bonds is 9. The first-order valence-electron chi connectivity index (χ1n) is 10.8. The van der Waals surface area contributed by atoms with Crippen molar-refractivity contribution in [3.05, 3.63) is 59.2 Å². The predicted octanol–water partition coefficient (Wildman–Crippen LogP) is 4.78. The van der Waals surface area contributed by atoms with Gasteiger partial charge in [-0.25, -0.2) is 9.97 Å². The Hall–Kier alpha value is -2.93. The minimum absolute atomic E-state index is 0.0603. The lowest BCUT2D eigenvalue weighted by Crippen LogP contribution is -2.24. The summed E-state index contributed by atoms with van der Waals surface area (Å²) in [6.45, 7) is 3.04. The first-order chi connectivity index (χ1) is 15.2. The number of aromatic nitrogens is 2. The third kappa shape index (κ3) is 6.04. The van der Waals surface area contributed by atoms with Crippen LogP contribution >= 0.6 is 11.3 Å². The maximum absolute atomic E-state index is 12.3. The van der Waals surface area contributed by atoms with Gasteiger partial charge in [0.2, 0.25) is 11.8 Å². The number of carbonyl (C=O) groups excluding carboxylic acids is 1. The van der Waals surface area contributed by atoms with E-state index in [4.69, 9.17) is 9.47 Å². The summed E-state index contributed by atoms with van der Waals surface area (Å²) in [5.74, 6) is 1.44. The Morgan fingerprint density at radius 2 is 1.97 bits per heavy atom. The van der Waals surface area contributed by atoms with Crippen molar-refractivity contribution in [1.82, 2.24) is 15.3 Å². The predicted molar refractivity (Wildman–Crippen MR) is 121 cm³/mol. The average Bonchev–Trinajstić information content (AvgIpc) is 3.46. The van der Waals surface area contributed by atoms with Gasteiger partial charge in [0.25, 0.3) is 0 Å². The molecule has 0 aliphatic heterocycles. The Balaban J connectivity index is 1.25. The minimum atomic E-state index is -0.0603. The highest BCUT2D eigenvalue weighted by Crippen LogP contribution is 2.26. The smallest absolute Gasteiger partial charge is 0.226 e. The van der Waals surface area contributed by atoms with Crippen LogP contribution in [0.2, 0.25) is 0 Å². The van der Waals surface area contributed by atoms with Crippen molar-refractivity contribution in [2.45, 2.75) is 51.7 Å². The molecule has 1 aliphatic carbocycles. The number of thiazole rings is 1. The maximum Gasteiger partial charge on any atom is 0.226 e. The van der Waals surface area contributed by atoms with Gasteiger partial charge in [-0.2, -0.15) is 0 Å². The first-order valence-corrected chi connectivity index (χ1v) is 11.6. The van der Waals surface area contributed by atoms with Gasteiger partial charge >= 0.3 is 0 Å². The number of nitrogens with one attached hydrogen (secondary N) is 1. The number of carbonyl (C=O) groups is 1. The van der Waals surface area contributed by atoms with Crippen molar-refractivity contribution in [3.8, 4) is 22.2 Å². The zero-order valence-electron chi connectivity index (χ0n) is 17.7. The summed E-state index contributed by atoms with van der Waals surface area (Å²) in [7, 11) is 0. The lowest BCUT2D eigenvalue weighted by molar-refractivity contribution is -0.120. The molecule has 0 unspecified atom stereocenters. The van der Waals surface area contributed by atoms with Crippen LogP contribution in [0.4, 0.5) is 0 Å². The van der Waals surface area contributed by atoms with Crippen LogP contribution in [0.15, 0.2) is 48.0 Å². The lowest BCUT2D eigenvalue weighted by atomic mass is 10.2. The molecule has 1 aliphatic rings. The SMILES string of the molecule is CCOc1ccc(-c2nc(CC(=O)NCc3ccc(OC4CCCC4)nc3)cs2)cc1. The third-order valence-electron chi connectivity index (χ3n) is 5.18. The van der Waals surface area contributed by atoms with Crippen molar-refractivity contribution in [1.29, 1.82) is 0 Å². The van der Waals surface area contributed by atoms with Gasteiger partial charge in [-0.1, -0.05) is 6.07 Å². The first kappa shape index (κ1) is 21.3. The van der Waals surface area contributed by atoms with E-state index in [1.54, 1.807) is 6.20 Å². The highest BCUT2D eigenvalue weighted by Gasteiger charge is 2.17. The molecule has 0 bridgehead atoms. The van der Waals surface area contributed by atoms with E-state index < -0.39 is 0 Å². The summed E-state index contributed by atoms with van der Waals surface area (Å²) in [6, 6.07) is 11.7. The molecule has 3 aromatic rings. The van der Waals surface area contributed by atoms with Crippen LogP contribution in [-0.2, 0) is 17.8 Å². The van der Waals surface area contributed by atoms with E-state index in [0.717, 1.165) is 40.4 Å². The van der Waals surface area contributed by atoms with Crippen molar-refractivity contribution < 1.29 is 14.3 Å². The molecule has 1 amide bonds. The summed E-state index contributed by atoms with van der Waals surface area (Å²) in [5.41, 5.74) is 2.73. The van der Waals surface area contributed by atoms with Crippen molar-refractivity contribution in [3.63, 3.8) is 0 Å². The Labute approximate surface area is 186 Å². The fourth-order valence-corrected chi connectivity index (χ4v) is 4.40. The van der Waals surface area contributed by atoms with Gasteiger partial charge in [0.1, 0.15) is 16.9 Å². The Bertz CT molecular complexity index is 980. The van der Waals surface area contributed by atoms with Gasteiger partial charge in [-0.05, 0) is 62.4 Å². The number of nitrogens with zero attached hydrogens (tertiary/aromatic N) is 2. The van der Waals surface area contributed by atoms with Gasteiger partial charge < -0.3 is 14.8 Å². The quantitative estimate of drug-likeness (QED) is 0.521. The zero-order chi connectivity index (χ0) is 21.5. The highest BCUT2D eigenvalue weighted by atomic mass is 32.1. The van der Waals surface area contributed by atoms with Crippen LogP contribution in [0.3, 0.4) is 0 Å². The Kier molecular flexibility index (Phi) is 7.14. The second-order valence-electron chi connectivity index (χ2n) is 7.58. The number of amides is 1. The molecular weight excluding hydrogens is 410 g/mol. The number of pyridine rings is 1. The summed E-state index contributed by atoms with van der Waals surface area (Å²) in [6.07, 6.45) is 6.99. The van der Waals surface area contributed by atoms with Crippen molar-refractivity contribution >= 4 is 17.2 Å². The molecule has 7 heteroatoms. The molecule has 0 saturated heterocycles. The van der Waals surface area contributed by atoms with Gasteiger partial charge in [0, 0.05) is 29.8 Å².